The van der Waals surface area contributed by atoms with Gasteiger partial charge in [-0.25, -0.2) is 4.79 Å². The van der Waals surface area contributed by atoms with Gasteiger partial charge in [0, 0.05) is 11.5 Å². The minimum atomic E-state index is -0.876. The van der Waals surface area contributed by atoms with Gasteiger partial charge in [0.15, 0.2) is 0 Å². The van der Waals surface area contributed by atoms with Gasteiger partial charge in [-0.05, 0) is 64.2 Å². The minimum absolute atomic E-state index is 0.0976. The van der Waals surface area contributed by atoms with Crippen molar-refractivity contribution in [3.8, 4) is 23.3 Å². The van der Waals surface area contributed by atoms with Crippen LogP contribution in [0.15, 0.2) is 176 Å². The lowest BCUT2D eigenvalue weighted by molar-refractivity contribution is 0.00318. The minimum Gasteiger partial charge on any atom is -0.497 e. The van der Waals surface area contributed by atoms with Crippen molar-refractivity contribution in [2.45, 2.75) is 25.2 Å². The van der Waals surface area contributed by atoms with E-state index in [0.29, 0.717) is 24.7 Å². The highest BCUT2D eigenvalue weighted by Gasteiger charge is 2.39. The first-order valence-electron chi connectivity index (χ1n) is 18.4. The van der Waals surface area contributed by atoms with Crippen LogP contribution in [-0.4, -0.2) is 32.5 Å². The molecule has 0 aliphatic carbocycles. The van der Waals surface area contributed by atoms with E-state index in [-0.39, 0.29) is 12.5 Å². The number of nitrogens with zero attached hydrogens (tertiary/aromatic N) is 1. The number of carbonyl (C=O) groups excluding carboxylic acids is 1. The Hall–Kier alpha value is -6.39. The van der Waals surface area contributed by atoms with E-state index < -0.39 is 17.7 Å². The van der Waals surface area contributed by atoms with Crippen molar-refractivity contribution in [3.63, 3.8) is 0 Å². The van der Waals surface area contributed by atoms with Crippen LogP contribution in [0, 0.1) is 17.8 Å². The number of benzene rings is 6. The molecule has 1 amide bonds. The second-order valence-electron chi connectivity index (χ2n) is 13.3. The molecule has 0 N–H and O–H groups in total. The van der Waals surface area contributed by atoms with Crippen LogP contribution in [-0.2, 0) is 21.7 Å². The maximum Gasteiger partial charge on any atom is 0.421 e. The van der Waals surface area contributed by atoms with Crippen LogP contribution >= 0.6 is 0 Å². The molecule has 55 heavy (non-hydrogen) atoms. The summed E-state index contributed by atoms with van der Waals surface area (Å²) < 4.78 is 24.4. The average molecular weight is 726 g/mol. The Bertz CT molecular complexity index is 2150. The monoisotopic (exact) mass is 725 g/mol. The van der Waals surface area contributed by atoms with Gasteiger partial charge in [-0.15, -0.1) is 0 Å². The van der Waals surface area contributed by atoms with Gasteiger partial charge in [-0.2, -0.15) is 0 Å². The number of hydrogen-bond acceptors (Lipinski definition) is 5. The summed E-state index contributed by atoms with van der Waals surface area (Å²) in [6.45, 7) is 3.11. The quantitative estimate of drug-likeness (QED) is 0.0714. The number of amides is 1. The first-order valence-corrected chi connectivity index (χ1v) is 18.4. The molecule has 1 heterocycles. The number of hydrogen-bond donors (Lipinski definition) is 0. The molecule has 0 aromatic heterocycles. The normalized spacial score (nSPS) is 14.1. The van der Waals surface area contributed by atoms with Crippen LogP contribution in [0.5, 0.6) is 11.5 Å². The van der Waals surface area contributed by atoms with Crippen molar-refractivity contribution in [1.29, 1.82) is 0 Å². The molecule has 6 heteroatoms. The Morgan fingerprint density at radius 3 is 1.82 bits per heavy atom. The number of rotatable bonds is 12. The fraction of sp³-hybridized carbons (Fsp3) is 0.163. The lowest BCUT2D eigenvalue weighted by atomic mass is 9.79. The molecule has 1 aliphatic rings. The molecule has 0 fully saturated rings. The molecular weight excluding hydrogens is 683 g/mol. The molecule has 6 nitrogen and oxygen atoms in total. The second-order valence-corrected chi connectivity index (χ2v) is 13.3. The summed E-state index contributed by atoms with van der Waals surface area (Å²) >= 11 is 0. The van der Waals surface area contributed by atoms with E-state index in [4.69, 9.17) is 18.9 Å². The van der Waals surface area contributed by atoms with Crippen LogP contribution in [0.2, 0.25) is 0 Å². The predicted molar refractivity (Wildman–Crippen MR) is 218 cm³/mol. The van der Waals surface area contributed by atoms with Gasteiger partial charge in [-0.1, -0.05) is 158 Å². The molecule has 0 spiro atoms. The third-order valence-corrected chi connectivity index (χ3v) is 9.71. The summed E-state index contributed by atoms with van der Waals surface area (Å²) in [5.74, 6) is 7.66. The van der Waals surface area contributed by atoms with Gasteiger partial charge in [0.2, 0.25) is 0 Å². The predicted octanol–water partition coefficient (Wildman–Crippen LogP) is 10.3. The van der Waals surface area contributed by atoms with Gasteiger partial charge >= 0.3 is 6.09 Å². The molecule has 0 saturated heterocycles. The molecule has 2 atom stereocenters. The maximum absolute atomic E-state index is 14.0. The third-order valence-electron chi connectivity index (χ3n) is 9.71. The summed E-state index contributed by atoms with van der Waals surface area (Å²) in [5, 5.41) is 0. The van der Waals surface area contributed by atoms with Crippen molar-refractivity contribution in [1.82, 2.24) is 0 Å². The SMILES string of the molecule is COc1ccc(COCC#C[C@@H]2C=C([C@H](C)COC(c3ccccc3)(c3ccccc3)c3ccccc3)c3ccccc3N2C(=O)Oc2ccccc2)cc1. The van der Waals surface area contributed by atoms with Crippen molar-refractivity contribution in [2.24, 2.45) is 5.92 Å². The first kappa shape index (κ1) is 36.9. The summed E-state index contributed by atoms with van der Waals surface area (Å²) in [4.78, 5) is 15.6. The van der Waals surface area contributed by atoms with Gasteiger partial charge in [0.05, 0.1) is 26.0 Å². The van der Waals surface area contributed by atoms with E-state index in [0.717, 1.165) is 39.1 Å². The standard InChI is InChI=1S/C49H43NO5/c1-37(35-54-49(39-18-7-3-8-19-39,40-20-9-4-10-21-40)41-22-11-5-12-23-41)46-34-42(24-17-33-53-36-38-29-31-43(52-2)32-30-38)50(47-28-16-15-27-45(46)47)48(51)55-44-25-13-6-14-26-44/h3-16,18-23,25-32,34,37,42H,33,35-36H2,1-2H3/t37-,42-/m1/s1. The van der Waals surface area contributed by atoms with Gasteiger partial charge in [-0.3, -0.25) is 4.90 Å². The van der Waals surface area contributed by atoms with Crippen LogP contribution in [0.4, 0.5) is 10.5 Å². The zero-order valence-electron chi connectivity index (χ0n) is 31.0. The van der Waals surface area contributed by atoms with Crippen LogP contribution in [0.25, 0.3) is 5.57 Å². The number of para-hydroxylation sites is 2. The van der Waals surface area contributed by atoms with Gasteiger partial charge in [0.1, 0.15) is 29.7 Å². The van der Waals surface area contributed by atoms with Gasteiger partial charge in [0.25, 0.3) is 0 Å². The van der Waals surface area contributed by atoms with E-state index in [1.165, 1.54) is 0 Å². The Balaban J connectivity index is 1.22. The number of anilines is 1. The maximum atomic E-state index is 14.0. The Morgan fingerprint density at radius 2 is 1.24 bits per heavy atom. The van der Waals surface area contributed by atoms with Crippen molar-refractivity contribution >= 4 is 17.4 Å². The highest BCUT2D eigenvalue weighted by molar-refractivity contribution is 5.98. The average Bonchev–Trinajstić information content (AvgIpc) is 3.25. The largest absolute Gasteiger partial charge is 0.497 e. The molecule has 0 bridgehead atoms. The van der Waals surface area contributed by atoms with Crippen molar-refractivity contribution in [2.75, 3.05) is 25.2 Å². The lowest BCUT2D eigenvalue weighted by Crippen LogP contribution is -2.43. The lowest BCUT2D eigenvalue weighted by Gasteiger charge is -2.38. The Labute approximate surface area is 323 Å². The van der Waals surface area contributed by atoms with E-state index >= 15 is 0 Å². The Morgan fingerprint density at radius 1 is 0.691 bits per heavy atom. The Kier molecular flexibility index (Phi) is 11.8. The second kappa shape index (κ2) is 17.6. The summed E-state index contributed by atoms with van der Waals surface area (Å²) in [5.41, 5.74) is 5.90. The molecule has 1 aliphatic heterocycles. The smallest absolute Gasteiger partial charge is 0.421 e. The molecule has 274 valence electrons. The fourth-order valence-electron chi connectivity index (χ4n) is 6.99. The molecule has 6 aromatic carbocycles. The number of methoxy groups -OCH3 is 1. The van der Waals surface area contributed by atoms with Crippen LogP contribution < -0.4 is 14.4 Å². The molecule has 7 rings (SSSR count). The third kappa shape index (κ3) is 8.40. The topological polar surface area (TPSA) is 57.2 Å². The fourth-order valence-corrected chi connectivity index (χ4v) is 6.99. The van der Waals surface area contributed by atoms with Gasteiger partial charge < -0.3 is 18.9 Å². The summed E-state index contributed by atoms with van der Waals surface area (Å²) in [7, 11) is 1.64. The van der Waals surface area contributed by atoms with E-state index in [9.17, 15) is 4.79 Å². The molecule has 0 saturated carbocycles. The number of ether oxygens (including phenoxy) is 4. The summed E-state index contributed by atoms with van der Waals surface area (Å²) in [6, 6.07) is 55.2. The highest BCUT2D eigenvalue weighted by atomic mass is 16.6. The molecule has 0 radical (unpaired) electrons. The summed E-state index contributed by atoms with van der Waals surface area (Å²) in [6.07, 6.45) is 1.54. The van der Waals surface area contributed by atoms with E-state index in [1.54, 1.807) is 24.1 Å². The number of fused-ring (bicyclic) bond motifs is 1. The van der Waals surface area contributed by atoms with Crippen molar-refractivity contribution in [3.05, 3.63) is 204 Å². The van der Waals surface area contributed by atoms with E-state index in [2.05, 4.69) is 97.6 Å². The van der Waals surface area contributed by atoms with Crippen LogP contribution in [0.3, 0.4) is 0 Å². The van der Waals surface area contributed by atoms with E-state index in [1.807, 2.05) is 84.9 Å². The molecular formula is C49H43NO5. The van der Waals surface area contributed by atoms with Crippen LogP contribution in [0.1, 0.15) is 34.7 Å². The molecule has 0 unspecified atom stereocenters. The first-order chi connectivity index (χ1) is 27.1. The van der Waals surface area contributed by atoms with Crippen molar-refractivity contribution < 1.29 is 23.7 Å². The zero-order chi connectivity index (χ0) is 37.9. The zero-order valence-corrected chi connectivity index (χ0v) is 31.0. The molecule has 6 aromatic rings. The highest BCUT2D eigenvalue weighted by Crippen LogP contribution is 2.43. The number of carbonyl (C=O) groups is 1.